The highest BCUT2D eigenvalue weighted by Crippen LogP contribution is 2.28. The second-order valence-electron chi connectivity index (χ2n) is 5.68. The Labute approximate surface area is 160 Å². The number of carbonyl (C=O) groups is 1. The number of nitrogens with one attached hydrogen (secondary N) is 1. The molecule has 0 saturated heterocycles. The van der Waals surface area contributed by atoms with E-state index in [1.54, 1.807) is 11.8 Å². The van der Waals surface area contributed by atoms with E-state index in [4.69, 9.17) is 4.74 Å². The number of rotatable bonds is 8. The molecule has 0 radical (unpaired) electrons. The molecule has 7 heteroatoms. The zero-order valence-electron chi connectivity index (χ0n) is 14.3. The average Bonchev–Trinajstić information content (AvgIpc) is 3.08. The standard InChI is InChI=1S/C19H19N3O2S2/c1-14-6-5-9-16(10-14)13-25-19-22-21-18(26-19)20-17(23)12-24-11-15-7-3-2-4-8-15/h2-10H,11-13H2,1H3,(H,20,21,23). The molecule has 0 spiro atoms. The Morgan fingerprint density at radius 2 is 1.92 bits per heavy atom. The van der Waals surface area contributed by atoms with Gasteiger partial charge in [-0.15, -0.1) is 10.2 Å². The normalized spacial score (nSPS) is 10.7. The van der Waals surface area contributed by atoms with E-state index in [1.165, 1.54) is 22.5 Å². The quantitative estimate of drug-likeness (QED) is 0.463. The van der Waals surface area contributed by atoms with Crippen molar-refractivity contribution in [3.05, 3.63) is 71.3 Å². The first kappa shape index (κ1) is 18.6. The van der Waals surface area contributed by atoms with Gasteiger partial charge in [-0.2, -0.15) is 0 Å². The lowest BCUT2D eigenvalue weighted by atomic mass is 10.2. The van der Waals surface area contributed by atoms with Gasteiger partial charge in [0.05, 0.1) is 6.61 Å². The predicted octanol–water partition coefficient (Wildman–Crippen LogP) is 4.29. The number of aryl methyl sites for hydroxylation is 1. The summed E-state index contributed by atoms with van der Waals surface area (Å²) >= 11 is 2.98. The van der Waals surface area contributed by atoms with Crippen molar-refractivity contribution in [1.82, 2.24) is 10.2 Å². The number of nitrogens with zero attached hydrogens (tertiary/aromatic N) is 2. The molecule has 1 aromatic heterocycles. The topological polar surface area (TPSA) is 64.1 Å². The van der Waals surface area contributed by atoms with Crippen LogP contribution < -0.4 is 5.32 Å². The second-order valence-corrected chi connectivity index (χ2v) is 7.88. The number of ether oxygens (including phenoxy) is 1. The van der Waals surface area contributed by atoms with E-state index in [1.807, 2.05) is 36.4 Å². The summed E-state index contributed by atoms with van der Waals surface area (Å²) in [5, 5.41) is 11.3. The van der Waals surface area contributed by atoms with Crippen molar-refractivity contribution in [2.45, 2.75) is 23.6 Å². The fourth-order valence-electron chi connectivity index (χ4n) is 2.26. The van der Waals surface area contributed by atoms with E-state index >= 15 is 0 Å². The summed E-state index contributed by atoms with van der Waals surface area (Å²) in [6.45, 7) is 2.47. The summed E-state index contributed by atoms with van der Waals surface area (Å²) in [5.41, 5.74) is 3.51. The summed E-state index contributed by atoms with van der Waals surface area (Å²) in [6.07, 6.45) is 0. The Kier molecular flexibility index (Phi) is 6.76. The lowest BCUT2D eigenvalue weighted by Gasteiger charge is -2.03. The van der Waals surface area contributed by atoms with Crippen molar-refractivity contribution in [3.8, 4) is 0 Å². The van der Waals surface area contributed by atoms with Gasteiger partial charge in [0.1, 0.15) is 6.61 Å². The van der Waals surface area contributed by atoms with E-state index in [-0.39, 0.29) is 12.5 Å². The average molecular weight is 386 g/mol. The third kappa shape index (κ3) is 5.94. The number of hydrogen-bond donors (Lipinski definition) is 1. The Morgan fingerprint density at radius 1 is 1.12 bits per heavy atom. The maximum atomic E-state index is 11.9. The fourth-order valence-corrected chi connectivity index (χ4v) is 3.97. The summed E-state index contributed by atoms with van der Waals surface area (Å²) in [4.78, 5) is 11.9. The van der Waals surface area contributed by atoms with Gasteiger partial charge < -0.3 is 4.74 Å². The van der Waals surface area contributed by atoms with E-state index < -0.39 is 0 Å². The first-order chi connectivity index (χ1) is 12.7. The number of aromatic nitrogens is 2. The van der Waals surface area contributed by atoms with Crippen LogP contribution in [0.3, 0.4) is 0 Å². The van der Waals surface area contributed by atoms with E-state index in [9.17, 15) is 4.79 Å². The minimum absolute atomic E-state index is 0.0136. The molecular weight excluding hydrogens is 366 g/mol. The molecule has 0 atom stereocenters. The van der Waals surface area contributed by atoms with Crippen LogP contribution >= 0.6 is 23.1 Å². The molecule has 0 saturated carbocycles. The van der Waals surface area contributed by atoms with Gasteiger partial charge in [0.15, 0.2) is 4.34 Å². The number of anilines is 1. The van der Waals surface area contributed by atoms with Crippen LogP contribution in [0.4, 0.5) is 5.13 Å². The SMILES string of the molecule is Cc1cccc(CSc2nnc(NC(=O)COCc3ccccc3)s2)c1. The zero-order chi connectivity index (χ0) is 18.2. The molecule has 3 rings (SSSR count). The molecule has 1 N–H and O–H groups in total. The van der Waals surface area contributed by atoms with E-state index in [0.717, 1.165) is 15.7 Å². The van der Waals surface area contributed by atoms with Gasteiger partial charge in [0.25, 0.3) is 5.91 Å². The van der Waals surface area contributed by atoms with Crippen LogP contribution in [-0.4, -0.2) is 22.7 Å². The molecule has 0 aliphatic heterocycles. The van der Waals surface area contributed by atoms with Crippen LogP contribution in [0.5, 0.6) is 0 Å². The Morgan fingerprint density at radius 3 is 2.73 bits per heavy atom. The maximum absolute atomic E-state index is 11.9. The van der Waals surface area contributed by atoms with Crippen LogP contribution in [0, 0.1) is 6.92 Å². The molecule has 1 heterocycles. The first-order valence-electron chi connectivity index (χ1n) is 8.12. The van der Waals surface area contributed by atoms with Crippen LogP contribution in [0.25, 0.3) is 0 Å². The molecule has 3 aromatic rings. The van der Waals surface area contributed by atoms with Crippen molar-refractivity contribution < 1.29 is 9.53 Å². The van der Waals surface area contributed by atoms with Crippen molar-refractivity contribution in [3.63, 3.8) is 0 Å². The van der Waals surface area contributed by atoms with Crippen molar-refractivity contribution in [2.75, 3.05) is 11.9 Å². The van der Waals surface area contributed by atoms with Crippen molar-refractivity contribution in [2.24, 2.45) is 0 Å². The van der Waals surface area contributed by atoms with Crippen LogP contribution in [0.1, 0.15) is 16.7 Å². The number of carbonyl (C=O) groups excluding carboxylic acids is 1. The molecular formula is C19H19N3O2S2. The molecule has 0 unspecified atom stereocenters. The molecule has 26 heavy (non-hydrogen) atoms. The van der Waals surface area contributed by atoms with Crippen LogP contribution in [0.2, 0.25) is 0 Å². The molecule has 0 fully saturated rings. The number of amides is 1. The van der Waals surface area contributed by atoms with E-state index in [2.05, 4.69) is 40.6 Å². The molecule has 0 bridgehead atoms. The smallest absolute Gasteiger partial charge is 0.252 e. The van der Waals surface area contributed by atoms with Gasteiger partial charge >= 0.3 is 0 Å². The molecule has 2 aromatic carbocycles. The minimum atomic E-state index is -0.229. The zero-order valence-corrected chi connectivity index (χ0v) is 16.0. The number of thioether (sulfide) groups is 1. The van der Waals surface area contributed by atoms with Gasteiger partial charge in [-0.05, 0) is 18.1 Å². The highest BCUT2D eigenvalue weighted by Gasteiger charge is 2.09. The van der Waals surface area contributed by atoms with Crippen LogP contribution in [0.15, 0.2) is 58.9 Å². The third-order valence-electron chi connectivity index (χ3n) is 3.44. The van der Waals surface area contributed by atoms with E-state index in [0.29, 0.717) is 11.7 Å². The van der Waals surface area contributed by atoms with Crippen molar-refractivity contribution in [1.29, 1.82) is 0 Å². The maximum Gasteiger partial charge on any atom is 0.252 e. The molecule has 5 nitrogen and oxygen atoms in total. The molecule has 134 valence electrons. The highest BCUT2D eigenvalue weighted by molar-refractivity contribution is 8.00. The third-order valence-corrected chi connectivity index (χ3v) is 5.49. The van der Waals surface area contributed by atoms with Gasteiger partial charge in [-0.1, -0.05) is 83.3 Å². The molecule has 0 aliphatic carbocycles. The minimum Gasteiger partial charge on any atom is -0.367 e. The lowest BCUT2D eigenvalue weighted by molar-refractivity contribution is -0.121. The first-order valence-corrected chi connectivity index (χ1v) is 9.92. The number of benzene rings is 2. The summed E-state index contributed by atoms with van der Waals surface area (Å²) in [5.74, 6) is 0.595. The number of hydrogen-bond acceptors (Lipinski definition) is 6. The predicted molar refractivity (Wildman–Crippen MR) is 105 cm³/mol. The second kappa shape index (κ2) is 9.47. The molecule has 0 aliphatic rings. The van der Waals surface area contributed by atoms with Gasteiger partial charge in [0, 0.05) is 5.75 Å². The summed E-state index contributed by atoms with van der Waals surface area (Å²) in [6, 6.07) is 18.1. The van der Waals surface area contributed by atoms with Crippen molar-refractivity contribution >= 4 is 34.1 Å². The van der Waals surface area contributed by atoms with Gasteiger partial charge in [-0.25, -0.2) is 0 Å². The Balaban J connectivity index is 1.42. The lowest BCUT2D eigenvalue weighted by Crippen LogP contribution is -2.18. The highest BCUT2D eigenvalue weighted by atomic mass is 32.2. The van der Waals surface area contributed by atoms with Gasteiger partial charge in [0.2, 0.25) is 5.13 Å². The van der Waals surface area contributed by atoms with Crippen LogP contribution in [-0.2, 0) is 21.9 Å². The Bertz CT molecular complexity index is 853. The summed E-state index contributed by atoms with van der Waals surface area (Å²) in [7, 11) is 0. The fraction of sp³-hybridized carbons (Fsp3) is 0.211. The Hall–Kier alpha value is -2.22. The molecule has 1 amide bonds. The van der Waals surface area contributed by atoms with Gasteiger partial charge in [-0.3, -0.25) is 10.1 Å². The monoisotopic (exact) mass is 385 g/mol. The largest absolute Gasteiger partial charge is 0.367 e. The summed E-state index contributed by atoms with van der Waals surface area (Å²) < 4.78 is 6.24.